The number of benzene rings is 2. The van der Waals surface area contributed by atoms with Crippen LogP contribution in [0.2, 0.25) is 0 Å². The molecule has 2 aromatic carbocycles. The maximum atomic E-state index is 12.5. The van der Waals surface area contributed by atoms with Crippen LogP contribution in [0.5, 0.6) is 0 Å². The number of hydrogen-bond acceptors (Lipinski definition) is 2. The molecule has 0 radical (unpaired) electrons. The standard InChI is InChI=1S/C22H25NO2/c1-16-6-5-7-20(14-16)22(12-3-4-13-22)15-23-21(25)19-10-8-18(9-11-19)17(2)24/h5-11,14H,3-4,12-13,15H2,1-2H3,(H,23,25). The molecule has 1 aliphatic rings. The van der Waals surface area contributed by atoms with E-state index in [9.17, 15) is 9.59 Å². The molecule has 2 aromatic rings. The molecule has 1 aliphatic carbocycles. The lowest BCUT2D eigenvalue weighted by molar-refractivity contribution is 0.0941. The van der Waals surface area contributed by atoms with Crippen LogP contribution in [-0.4, -0.2) is 18.2 Å². The van der Waals surface area contributed by atoms with Gasteiger partial charge in [0.25, 0.3) is 5.91 Å². The zero-order chi connectivity index (χ0) is 17.9. The summed E-state index contributed by atoms with van der Waals surface area (Å²) in [5, 5.41) is 3.12. The average molecular weight is 335 g/mol. The Kier molecular flexibility index (Phi) is 5.03. The van der Waals surface area contributed by atoms with E-state index in [2.05, 4.69) is 36.5 Å². The maximum absolute atomic E-state index is 12.5. The fraction of sp³-hybridized carbons (Fsp3) is 0.364. The normalized spacial score (nSPS) is 15.8. The molecular formula is C22H25NO2. The van der Waals surface area contributed by atoms with Crippen molar-refractivity contribution >= 4 is 11.7 Å². The monoisotopic (exact) mass is 335 g/mol. The Morgan fingerprint density at radius 1 is 1.00 bits per heavy atom. The van der Waals surface area contributed by atoms with Gasteiger partial charge in [0.2, 0.25) is 0 Å². The Bertz CT molecular complexity index is 771. The third-order valence-corrected chi connectivity index (χ3v) is 5.33. The maximum Gasteiger partial charge on any atom is 0.251 e. The molecule has 3 heteroatoms. The summed E-state index contributed by atoms with van der Waals surface area (Å²) in [6.45, 7) is 4.30. The molecule has 25 heavy (non-hydrogen) atoms. The minimum absolute atomic E-state index is 0.0105. The number of carbonyl (C=O) groups excluding carboxylic acids is 2. The zero-order valence-corrected chi connectivity index (χ0v) is 15.0. The molecule has 1 N–H and O–H groups in total. The molecule has 1 saturated carbocycles. The van der Waals surface area contributed by atoms with E-state index in [4.69, 9.17) is 0 Å². The fourth-order valence-electron chi connectivity index (χ4n) is 3.80. The third-order valence-electron chi connectivity index (χ3n) is 5.33. The molecule has 0 heterocycles. The van der Waals surface area contributed by atoms with Crippen molar-refractivity contribution in [2.75, 3.05) is 6.54 Å². The van der Waals surface area contributed by atoms with Crippen LogP contribution in [0.15, 0.2) is 48.5 Å². The lowest BCUT2D eigenvalue weighted by atomic mass is 9.78. The summed E-state index contributed by atoms with van der Waals surface area (Å²) in [5.74, 6) is -0.0645. The Morgan fingerprint density at radius 3 is 2.24 bits per heavy atom. The number of Topliss-reactive ketones (excluding diaryl/α,β-unsaturated/α-hetero) is 1. The number of rotatable bonds is 5. The van der Waals surface area contributed by atoms with Crippen molar-refractivity contribution in [3.05, 3.63) is 70.8 Å². The Labute approximate surface area is 149 Å². The number of ketones is 1. The van der Waals surface area contributed by atoms with E-state index in [1.54, 1.807) is 24.3 Å². The summed E-state index contributed by atoms with van der Waals surface area (Å²) in [6.07, 6.45) is 4.63. The van der Waals surface area contributed by atoms with Crippen LogP contribution in [-0.2, 0) is 5.41 Å². The highest BCUT2D eigenvalue weighted by molar-refractivity contribution is 5.97. The van der Waals surface area contributed by atoms with Gasteiger partial charge in [0.05, 0.1) is 0 Å². The van der Waals surface area contributed by atoms with Crippen molar-refractivity contribution < 1.29 is 9.59 Å². The molecule has 0 unspecified atom stereocenters. The minimum Gasteiger partial charge on any atom is -0.351 e. The van der Waals surface area contributed by atoms with Crippen molar-refractivity contribution in [3.63, 3.8) is 0 Å². The number of nitrogens with one attached hydrogen (secondary N) is 1. The van der Waals surface area contributed by atoms with Crippen LogP contribution in [0.25, 0.3) is 0 Å². The first-order chi connectivity index (χ1) is 12.0. The van der Waals surface area contributed by atoms with Gasteiger partial charge in [0.1, 0.15) is 0 Å². The Hall–Kier alpha value is -2.42. The molecule has 1 amide bonds. The summed E-state index contributed by atoms with van der Waals surface area (Å²) < 4.78 is 0. The second kappa shape index (κ2) is 7.22. The molecule has 0 spiro atoms. The number of hydrogen-bond donors (Lipinski definition) is 1. The molecule has 3 nitrogen and oxygen atoms in total. The Balaban J connectivity index is 1.73. The highest BCUT2D eigenvalue weighted by atomic mass is 16.1. The summed E-state index contributed by atoms with van der Waals surface area (Å²) in [4.78, 5) is 23.9. The van der Waals surface area contributed by atoms with Crippen LogP contribution in [0.4, 0.5) is 0 Å². The second-order valence-electron chi connectivity index (χ2n) is 7.17. The molecule has 0 saturated heterocycles. The predicted molar refractivity (Wildman–Crippen MR) is 100 cm³/mol. The molecule has 1 fully saturated rings. The third kappa shape index (κ3) is 3.81. The van der Waals surface area contributed by atoms with Gasteiger partial charge in [-0.3, -0.25) is 9.59 Å². The van der Waals surface area contributed by atoms with Crippen molar-refractivity contribution in [1.82, 2.24) is 5.32 Å². The zero-order valence-electron chi connectivity index (χ0n) is 15.0. The van der Waals surface area contributed by atoms with Crippen LogP contribution in [0, 0.1) is 6.92 Å². The summed E-state index contributed by atoms with van der Waals surface area (Å²) in [5.41, 5.74) is 3.86. The molecule has 0 aliphatic heterocycles. The highest BCUT2D eigenvalue weighted by Crippen LogP contribution is 2.40. The molecular weight excluding hydrogens is 310 g/mol. The molecule has 130 valence electrons. The number of carbonyl (C=O) groups is 2. The number of amides is 1. The molecule has 0 aromatic heterocycles. The van der Waals surface area contributed by atoms with Gasteiger partial charge in [-0.25, -0.2) is 0 Å². The molecule has 3 rings (SSSR count). The molecule has 0 atom stereocenters. The smallest absolute Gasteiger partial charge is 0.251 e. The van der Waals surface area contributed by atoms with Gasteiger partial charge in [-0.15, -0.1) is 0 Å². The van der Waals surface area contributed by atoms with Crippen LogP contribution >= 0.6 is 0 Å². The van der Waals surface area contributed by atoms with Crippen LogP contribution in [0.3, 0.4) is 0 Å². The van der Waals surface area contributed by atoms with Gasteiger partial charge in [-0.05, 0) is 44.4 Å². The average Bonchev–Trinajstić information content (AvgIpc) is 3.10. The van der Waals surface area contributed by atoms with E-state index in [0.717, 1.165) is 12.8 Å². The van der Waals surface area contributed by atoms with Gasteiger partial charge in [0, 0.05) is 23.1 Å². The topological polar surface area (TPSA) is 46.2 Å². The van der Waals surface area contributed by atoms with E-state index in [1.165, 1.54) is 30.9 Å². The highest BCUT2D eigenvalue weighted by Gasteiger charge is 2.36. The second-order valence-corrected chi connectivity index (χ2v) is 7.17. The van der Waals surface area contributed by atoms with E-state index >= 15 is 0 Å². The predicted octanol–water partition coefficient (Wildman–Crippen LogP) is 4.44. The van der Waals surface area contributed by atoms with Crippen molar-refractivity contribution in [1.29, 1.82) is 0 Å². The molecule has 0 bridgehead atoms. The van der Waals surface area contributed by atoms with Gasteiger partial charge in [0.15, 0.2) is 5.78 Å². The first kappa shape index (κ1) is 17.4. The van der Waals surface area contributed by atoms with Crippen LogP contribution < -0.4 is 5.32 Å². The lowest BCUT2D eigenvalue weighted by Gasteiger charge is -2.30. The van der Waals surface area contributed by atoms with Gasteiger partial charge >= 0.3 is 0 Å². The largest absolute Gasteiger partial charge is 0.351 e. The lowest BCUT2D eigenvalue weighted by Crippen LogP contribution is -2.39. The van der Waals surface area contributed by atoms with E-state index in [1.807, 2.05) is 0 Å². The van der Waals surface area contributed by atoms with Crippen molar-refractivity contribution in [2.45, 2.75) is 44.9 Å². The van der Waals surface area contributed by atoms with E-state index in [-0.39, 0.29) is 17.1 Å². The van der Waals surface area contributed by atoms with Crippen LogP contribution in [0.1, 0.15) is 64.4 Å². The first-order valence-corrected chi connectivity index (χ1v) is 8.97. The SMILES string of the molecule is CC(=O)c1ccc(C(=O)NCC2(c3cccc(C)c3)CCCC2)cc1. The quantitative estimate of drug-likeness (QED) is 0.821. The summed E-state index contributed by atoms with van der Waals surface area (Å²) in [6, 6.07) is 15.5. The summed E-state index contributed by atoms with van der Waals surface area (Å²) in [7, 11) is 0. The van der Waals surface area contributed by atoms with Gasteiger partial charge in [-0.2, -0.15) is 0 Å². The fourth-order valence-corrected chi connectivity index (χ4v) is 3.80. The van der Waals surface area contributed by atoms with Crippen molar-refractivity contribution in [3.8, 4) is 0 Å². The van der Waals surface area contributed by atoms with Gasteiger partial charge in [-0.1, -0.05) is 54.8 Å². The van der Waals surface area contributed by atoms with E-state index < -0.39 is 0 Å². The van der Waals surface area contributed by atoms with E-state index in [0.29, 0.717) is 17.7 Å². The summed E-state index contributed by atoms with van der Waals surface area (Å²) >= 11 is 0. The van der Waals surface area contributed by atoms with Crippen molar-refractivity contribution in [2.24, 2.45) is 0 Å². The van der Waals surface area contributed by atoms with Gasteiger partial charge < -0.3 is 5.32 Å². The first-order valence-electron chi connectivity index (χ1n) is 8.97. The number of aryl methyl sites for hydroxylation is 1. The Morgan fingerprint density at radius 2 is 1.64 bits per heavy atom. The minimum atomic E-state index is -0.0750.